The van der Waals surface area contributed by atoms with Crippen LogP contribution in [0.2, 0.25) is 0 Å². The quantitative estimate of drug-likeness (QED) is 0.346. The molecule has 1 saturated heterocycles. The van der Waals surface area contributed by atoms with Gasteiger partial charge in [-0.25, -0.2) is 15.0 Å². The summed E-state index contributed by atoms with van der Waals surface area (Å²) in [4.78, 5) is 34.8. The van der Waals surface area contributed by atoms with E-state index in [1.807, 2.05) is 24.4 Å². The first kappa shape index (κ1) is 21.8. The molecule has 0 bridgehead atoms. The van der Waals surface area contributed by atoms with Crippen molar-refractivity contribution in [2.75, 3.05) is 23.3 Å². The highest BCUT2D eigenvalue weighted by atomic mass is 16.1. The molecule has 1 amide bonds. The second kappa shape index (κ2) is 9.06. The maximum atomic E-state index is 11.6. The first-order chi connectivity index (χ1) is 16.5. The molecule has 1 aliphatic rings. The van der Waals surface area contributed by atoms with E-state index < -0.39 is 5.91 Å². The van der Waals surface area contributed by atoms with Crippen molar-refractivity contribution in [2.24, 2.45) is 5.73 Å². The van der Waals surface area contributed by atoms with Crippen molar-refractivity contribution in [3.63, 3.8) is 0 Å². The highest BCUT2D eigenvalue weighted by Gasteiger charge is 2.22. The minimum Gasteiger partial charge on any atom is -0.364 e. The fraction of sp³-hybridized carbons (Fsp3) is 0.292. The van der Waals surface area contributed by atoms with Crippen LogP contribution in [0.5, 0.6) is 0 Å². The highest BCUT2D eigenvalue weighted by Crippen LogP contribution is 2.32. The monoisotopic (exact) mass is 457 g/mol. The third kappa shape index (κ3) is 4.40. The zero-order chi connectivity index (χ0) is 23.7. The number of H-pyrrole nitrogens is 1. The second-order valence-corrected chi connectivity index (χ2v) is 8.66. The van der Waals surface area contributed by atoms with Crippen molar-refractivity contribution in [1.29, 1.82) is 0 Å². The average Bonchev–Trinajstić information content (AvgIpc) is 3.27. The van der Waals surface area contributed by atoms with Gasteiger partial charge >= 0.3 is 0 Å². The van der Waals surface area contributed by atoms with Crippen LogP contribution in [-0.4, -0.2) is 56.0 Å². The second-order valence-electron chi connectivity index (χ2n) is 8.66. The Hall–Kier alpha value is -4.05. The number of nitrogens with two attached hydrogens (primary N) is 1. The molecule has 4 aromatic rings. The topological polar surface area (TPSA) is 138 Å². The number of nitrogens with zero attached hydrogens (tertiary/aromatic N) is 5. The third-order valence-electron chi connectivity index (χ3n) is 5.90. The van der Waals surface area contributed by atoms with Gasteiger partial charge in [-0.3, -0.25) is 9.78 Å². The fourth-order valence-electron chi connectivity index (χ4n) is 4.49. The van der Waals surface area contributed by atoms with Crippen LogP contribution < -0.4 is 21.3 Å². The molecule has 1 aliphatic heterocycles. The van der Waals surface area contributed by atoms with Gasteiger partial charge < -0.3 is 26.3 Å². The lowest BCUT2D eigenvalue weighted by molar-refractivity contribution is 0.0995. The first-order valence-corrected chi connectivity index (χ1v) is 11.3. The molecule has 5 heterocycles. The molecule has 0 aliphatic carbocycles. The highest BCUT2D eigenvalue weighted by molar-refractivity contribution is 6.01. The maximum Gasteiger partial charge on any atom is 0.267 e. The Morgan fingerprint density at radius 3 is 2.79 bits per heavy atom. The Balaban J connectivity index is 1.41. The summed E-state index contributed by atoms with van der Waals surface area (Å²) < 4.78 is 0. The molecule has 2 atom stereocenters. The number of piperazine rings is 1. The van der Waals surface area contributed by atoms with E-state index in [1.54, 1.807) is 12.3 Å². The Bertz CT molecular complexity index is 1330. The number of carbonyl (C=O) groups is 1. The van der Waals surface area contributed by atoms with Gasteiger partial charge in [-0.15, -0.1) is 0 Å². The smallest absolute Gasteiger partial charge is 0.267 e. The van der Waals surface area contributed by atoms with Crippen LogP contribution in [0.15, 0.2) is 49.1 Å². The number of aromatic nitrogens is 5. The van der Waals surface area contributed by atoms with E-state index in [9.17, 15) is 4.79 Å². The number of hydrogen-bond donors (Lipinski definition) is 4. The lowest BCUT2D eigenvalue weighted by Crippen LogP contribution is -2.54. The van der Waals surface area contributed by atoms with Gasteiger partial charge in [0.05, 0.1) is 17.6 Å². The summed E-state index contributed by atoms with van der Waals surface area (Å²) in [7, 11) is 0. The summed E-state index contributed by atoms with van der Waals surface area (Å²) in [6.45, 7) is 6.74. The number of anilines is 2. The Kier molecular flexibility index (Phi) is 5.81. The van der Waals surface area contributed by atoms with E-state index in [-0.39, 0.29) is 5.69 Å². The fourth-order valence-corrected chi connectivity index (χ4v) is 4.49. The largest absolute Gasteiger partial charge is 0.364 e. The molecule has 0 aromatic carbocycles. The summed E-state index contributed by atoms with van der Waals surface area (Å²) in [6, 6.07) is 10.4. The van der Waals surface area contributed by atoms with Crippen molar-refractivity contribution < 1.29 is 4.79 Å². The van der Waals surface area contributed by atoms with Crippen molar-refractivity contribution in [3.8, 4) is 11.1 Å². The van der Waals surface area contributed by atoms with Crippen LogP contribution in [0.1, 0.15) is 30.0 Å². The zero-order valence-corrected chi connectivity index (χ0v) is 19.1. The molecule has 10 nitrogen and oxygen atoms in total. The van der Waals surface area contributed by atoms with Gasteiger partial charge in [-0.1, -0.05) is 6.07 Å². The lowest BCUT2D eigenvalue weighted by atomic mass is 10.1. The average molecular weight is 458 g/mol. The summed E-state index contributed by atoms with van der Waals surface area (Å²) in [5.41, 5.74) is 8.88. The van der Waals surface area contributed by atoms with Gasteiger partial charge in [0.1, 0.15) is 29.3 Å². The first-order valence-electron chi connectivity index (χ1n) is 11.3. The molecule has 10 heteroatoms. The summed E-state index contributed by atoms with van der Waals surface area (Å²) in [5, 5.41) is 7.79. The third-order valence-corrected chi connectivity index (χ3v) is 5.90. The van der Waals surface area contributed by atoms with Crippen molar-refractivity contribution in [2.45, 2.75) is 32.5 Å². The number of pyridine rings is 2. The molecule has 0 spiro atoms. The molecule has 0 radical (unpaired) electrons. The summed E-state index contributed by atoms with van der Waals surface area (Å²) >= 11 is 0. The van der Waals surface area contributed by atoms with E-state index in [4.69, 9.17) is 10.7 Å². The van der Waals surface area contributed by atoms with Crippen LogP contribution in [0.3, 0.4) is 0 Å². The SMILES string of the molecule is C[C@@H]1CN(c2cccc(CNc3ncnc4[nH]cc(-c5ccnc(C(N)=O)c5)c34)n2)C[C@H](C)N1. The van der Waals surface area contributed by atoms with Crippen LogP contribution in [0.25, 0.3) is 22.2 Å². The van der Waals surface area contributed by atoms with Crippen molar-refractivity contribution in [3.05, 3.63) is 60.4 Å². The summed E-state index contributed by atoms with van der Waals surface area (Å²) in [6.07, 6.45) is 4.92. The van der Waals surface area contributed by atoms with Gasteiger partial charge in [0.25, 0.3) is 5.91 Å². The Labute approximate surface area is 197 Å². The predicted octanol–water partition coefficient (Wildman–Crippen LogP) is 2.31. The number of rotatable bonds is 6. The van der Waals surface area contributed by atoms with E-state index in [1.165, 1.54) is 6.33 Å². The van der Waals surface area contributed by atoms with E-state index in [2.05, 4.69) is 55.4 Å². The van der Waals surface area contributed by atoms with Gasteiger partial charge in [-0.2, -0.15) is 0 Å². The van der Waals surface area contributed by atoms with Gasteiger partial charge in [-0.05, 0) is 43.7 Å². The number of aromatic amines is 1. The number of hydrogen-bond acceptors (Lipinski definition) is 8. The van der Waals surface area contributed by atoms with E-state index >= 15 is 0 Å². The van der Waals surface area contributed by atoms with Crippen LogP contribution in [0.4, 0.5) is 11.6 Å². The molecule has 0 unspecified atom stereocenters. The van der Waals surface area contributed by atoms with Gasteiger partial charge in [0.2, 0.25) is 0 Å². The van der Waals surface area contributed by atoms with Crippen LogP contribution in [0, 0.1) is 0 Å². The van der Waals surface area contributed by atoms with Crippen LogP contribution in [-0.2, 0) is 6.54 Å². The summed E-state index contributed by atoms with van der Waals surface area (Å²) in [5.74, 6) is 1.08. The van der Waals surface area contributed by atoms with E-state index in [0.29, 0.717) is 30.1 Å². The number of nitrogens with one attached hydrogen (secondary N) is 3. The molecule has 1 fully saturated rings. The molecule has 174 valence electrons. The molecule has 5 rings (SSSR count). The maximum absolute atomic E-state index is 11.6. The van der Waals surface area contributed by atoms with Gasteiger partial charge in [0.15, 0.2) is 0 Å². The zero-order valence-electron chi connectivity index (χ0n) is 19.1. The van der Waals surface area contributed by atoms with Crippen molar-refractivity contribution >= 4 is 28.6 Å². The molecule has 4 aromatic heterocycles. The number of fused-ring (bicyclic) bond motifs is 1. The van der Waals surface area contributed by atoms with Gasteiger partial charge in [0, 0.05) is 43.1 Å². The van der Waals surface area contributed by atoms with Crippen molar-refractivity contribution in [1.82, 2.24) is 30.2 Å². The number of primary amides is 1. The Morgan fingerprint density at radius 2 is 2.00 bits per heavy atom. The minimum absolute atomic E-state index is 0.204. The van der Waals surface area contributed by atoms with Crippen LogP contribution >= 0.6 is 0 Å². The van der Waals surface area contributed by atoms with E-state index in [0.717, 1.165) is 41.1 Å². The standard InChI is InChI=1S/C24H27N9O/c1-14-11-33(12-15(2)31-14)20-5-3-4-17(32-20)9-27-23-21-18(10-28-24(21)30-13-29-23)16-6-7-26-19(8-16)22(25)34/h3-8,10,13-15,31H,9,11-12H2,1-2H3,(H2,25,34)(H2,27,28,29,30)/t14-,15+. The number of amides is 1. The predicted molar refractivity (Wildman–Crippen MR) is 131 cm³/mol. The molecular weight excluding hydrogens is 430 g/mol. The Morgan fingerprint density at radius 1 is 1.18 bits per heavy atom. The normalized spacial score (nSPS) is 18.2. The molecule has 0 saturated carbocycles. The lowest BCUT2D eigenvalue weighted by Gasteiger charge is -2.37. The molecular formula is C24H27N9O. The minimum atomic E-state index is -0.574. The number of carbonyl (C=O) groups excluding carboxylic acids is 1. The molecule has 5 N–H and O–H groups in total. The molecule has 34 heavy (non-hydrogen) atoms.